The van der Waals surface area contributed by atoms with Crippen LogP contribution < -0.4 is 10.2 Å². The molecule has 0 amide bonds. The first-order valence-corrected chi connectivity index (χ1v) is 5.54. The summed E-state index contributed by atoms with van der Waals surface area (Å²) in [4.78, 5) is 6.60. The molecule has 0 atom stereocenters. The molecule has 1 heterocycles. The molecule has 0 aliphatic heterocycles. The molecule has 0 radical (unpaired) electrons. The highest BCUT2D eigenvalue weighted by atomic mass is 15.3. The topological polar surface area (TPSA) is 53.9 Å². The second-order valence-corrected chi connectivity index (χ2v) is 3.73. The smallest absolute Gasteiger partial charge is 0.244 e. The predicted molar refractivity (Wildman–Crippen MR) is 60.0 cm³/mol. The van der Waals surface area contributed by atoms with Gasteiger partial charge in [0.15, 0.2) is 5.82 Å². The summed E-state index contributed by atoms with van der Waals surface area (Å²) in [5, 5.41) is 11.2. The minimum atomic E-state index is 0.568. The Kier molecular flexibility index (Phi) is 2.99. The van der Waals surface area contributed by atoms with Gasteiger partial charge in [-0.1, -0.05) is 0 Å². The number of anilines is 2. The second kappa shape index (κ2) is 4.42. The first-order valence-electron chi connectivity index (χ1n) is 5.54. The van der Waals surface area contributed by atoms with Crippen LogP contribution in [0.1, 0.15) is 26.7 Å². The molecule has 1 aliphatic rings. The van der Waals surface area contributed by atoms with Gasteiger partial charge in [-0.25, -0.2) is 0 Å². The van der Waals surface area contributed by atoms with E-state index in [4.69, 9.17) is 0 Å². The van der Waals surface area contributed by atoms with Gasteiger partial charge in [0.1, 0.15) is 0 Å². The Hall–Kier alpha value is -1.39. The largest absolute Gasteiger partial charge is 0.356 e. The average molecular weight is 207 g/mol. The summed E-state index contributed by atoms with van der Waals surface area (Å²) in [5.74, 6) is 1.56. The summed E-state index contributed by atoms with van der Waals surface area (Å²) in [7, 11) is 0. The fourth-order valence-corrected chi connectivity index (χ4v) is 1.47. The van der Waals surface area contributed by atoms with Gasteiger partial charge in [0.25, 0.3) is 0 Å². The normalized spacial score (nSPS) is 15.1. The summed E-state index contributed by atoms with van der Waals surface area (Å²) in [5.41, 5.74) is 0. The van der Waals surface area contributed by atoms with E-state index in [0.29, 0.717) is 12.0 Å². The van der Waals surface area contributed by atoms with Crippen molar-refractivity contribution >= 4 is 11.8 Å². The first kappa shape index (κ1) is 10.1. The fraction of sp³-hybridized carbons (Fsp3) is 0.700. The molecule has 1 saturated carbocycles. The van der Waals surface area contributed by atoms with E-state index in [1.807, 2.05) is 0 Å². The third-order valence-corrected chi connectivity index (χ3v) is 2.54. The number of hydrogen-bond donors (Lipinski definition) is 1. The van der Waals surface area contributed by atoms with Gasteiger partial charge in [0, 0.05) is 19.1 Å². The quantitative estimate of drug-likeness (QED) is 0.788. The van der Waals surface area contributed by atoms with Crippen LogP contribution in [0.4, 0.5) is 11.8 Å². The minimum absolute atomic E-state index is 0.568. The third kappa shape index (κ3) is 2.55. The lowest BCUT2D eigenvalue weighted by molar-refractivity contribution is 0.822. The maximum absolute atomic E-state index is 4.44. The number of rotatable bonds is 5. The highest BCUT2D eigenvalue weighted by Gasteiger charge is 2.22. The minimum Gasteiger partial charge on any atom is -0.356 e. The number of nitrogens with zero attached hydrogens (tertiary/aromatic N) is 4. The number of nitrogens with one attached hydrogen (secondary N) is 1. The summed E-state index contributed by atoms with van der Waals surface area (Å²) >= 11 is 0. The van der Waals surface area contributed by atoms with Crippen LogP contribution in [0, 0.1) is 0 Å². The second-order valence-electron chi connectivity index (χ2n) is 3.73. The SMILES string of the molecule is CCN(CC)c1cnnc(NC2CC2)n1. The van der Waals surface area contributed by atoms with Gasteiger partial charge in [-0.2, -0.15) is 10.1 Å². The van der Waals surface area contributed by atoms with E-state index in [0.717, 1.165) is 18.9 Å². The van der Waals surface area contributed by atoms with E-state index >= 15 is 0 Å². The Bertz CT molecular complexity index is 319. The Balaban J connectivity index is 2.09. The summed E-state index contributed by atoms with van der Waals surface area (Å²) < 4.78 is 0. The van der Waals surface area contributed by atoms with Crippen molar-refractivity contribution in [3.63, 3.8) is 0 Å². The average Bonchev–Trinajstić information content (AvgIpc) is 3.04. The maximum Gasteiger partial charge on any atom is 0.244 e. The Morgan fingerprint density at radius 1 is 1.40 bits per heavy atom. The summed E-state index contributed by atoms with van der Waals surface area (Å²) in [6, 6.07) is 0.568. The molecule has 2 rings (SSSR count). The van der Waals surface area contributed by atoms with Crippen LogP contribution in [0.3, 0.4) is 0 Å². The van der Waals surface area contributed by atoms with Crippen LogP contribution in [-0.4, -0.2) is 34.3 Å². The van der Waals surface area contributed by atoms with Crippen molar-refractivity contribution < 1.29 is 0 Å². The first-order chi connectivity index (χ1) is 7.33. The van der Waals surface area contributed by atoms with Gasteiger partial charge in [0.2, 0.25) is 5.95 Å². The van der Waals surface area contributed by atoms with E-state index < -0.39 is 0 Å². The predicted octanol–water partition coefficient (Wildman–Crippen LogP) is 1.29. The van der Waals surface area contributed by atoms with Gasteiger partial charge in [-0.15, -0.1) is 5.10 Å². The molecule has 5 heteroatoms. The lowest BCUT2D eigenvalue weighted by Gasteiger charge is -2.19. The van der Waals surface area contributed by atoms with E-state index in [9.17, 15) is 0 Å². The van der Waals surface area contributed by atoms with Crippen molar-refractivity contribution in [1.29, 1.82) is 0 Å². The number of aromatic nitrogens is 3. The zero-order valence-electron chi connectivity index (χ0n) is 9.27. The van der Waals surface area contributed by atoms with Crippen molar-refractivity contribution in [2.45, 2.75) is 32.7 Å². The molecule has 0 spiro atoms. The van der Waals surface area contributed by atoms with Crippen LogP contribution in [-0.2, 0) is 0 Å². The van der Waals surface area contributed by atoms with Gasteiger partial charge >= 0.3 is 0 Å². The van der Waals surface area contributed by atoms with E-state index in [1.54, 1.807) is 6.20 Å². The zero-order chi connectivity index (χ0) is 10.7. The van der Waals surface area contributed by atoms with E-state index in [-0.39, 0.29) is 0 Å². The van der Waals surface area contributed by atoms with Crippen LogP contribution in [0.15, 0.2) is 6.20 Å². The molecule has 5 nitrogen and oxygen atoms in total. The lowest BCUT2D eigenvalue weighted by Crippen LogP contribution is -2.24. The van der Waals surface area contributed by atoms with Gasteiger partial charge < -0.3 is 10.2 Å². The molecule has 0 saturated heterocycles. The molecular formula is C10H17N5. The maximum atomic E-state index is 4.44. The van der Waals surface area contributed by atoms with Crippen molar-refractivity contribution in [2.75, 3.05) is 23.3 Å². The molecule has 1 N–H and O–H groups in total. The highest BCUT2D eigenvalue weighted by Crippen LogP contribution is 2.23. The lowest BCUT2D eigenvalue weighted by atomic mass is 10.5. The van der Waals surface area contributed by atoms with Crippen LogP contribution in [0.5, 0.6) is 0 Å². The Morgan fingerprint density at radius 3 is 2.73 bits per heavy atom. The third-order valence-electron chi connectivity index (χ3n) is 2.54. The monoisotopic (exact) mass is 207 g/mol. The van der Waals surface area contributed by atoms with Crippen molar-refractivity contribution in [2.24, 2.45) is 0 Å². The van der Waals surface area contributed by atoms with Crippen molar-refractivity contribution in [1.82, 2.24) is 15.2 Å². The Morgan fingerprint density at radius 2 is 2.13 bits per heavy atom. The molecule has 0 aromatic carbocycles. The summed E-state index contributed by atoms with van der Waals surface area (Å²) in [6.07, 6.45) is 4.16. The standard InChI is InChI=1S/C10H17N5/c1-3-15(4-2)9-7-11-14-10(13-9)12-8-5-6-8/h7-8H,3-6H2,1-2H3,(H,12,13,14). The molecule has 15 heavy (non-hydrogen) atoms. The number of hydrogen-bond acceptors (Lipinski definition) is 5. The molecule has 82 valence electrons. The van der Waals surface area contributed by atoms with Crippen molar-refractivity contribution in [3.05, 3.63) is 6.20 Å². The van der Waals surface area contributed by atoms with Gasteiger partial charge in [-0.3, -0.25) is 0 Å². The molecule has 0 bridgehead atoms. The molecule has 1 aliphatic carbocycles. The van der Waals surface area contributed by atoms with Gasteiger partial charge in [-0.05, 0) is 26.7 Å². The van der Waals surface area contributed by atoms with Crippen LogP contribution in [0.2, 0.25) is 0 Å². The Labute approximate surface area is 89.9 Å². The molecular weight excluding hydrogens is 190 g/mol. The molecule has 0 unspecified atom stereocenters. The fourth-order valence-electron chi connectivity index (χ4n) is 1.47. The van der Waals surface area contributed by atoms with E-state index in [1.165, 1.54) is 12.8 Å². The van der Waals surface area contributed by atoms with Gasteiger partial charge in [0.05, 0.1) is 6.20 Å². The van der Waals surface area contributed by atoms with Crippen LogP contribution >= 0.6 is 0 Å². The molecule has 1 fully saturated rings. The summed E-state index contributed by atoms with van der Waals surface area (Å²) in [6.45, 7) is 6.11. The highest BCUT2D eigenvalue weighted by molar-refractivity contribution is 5.40. The van der Waals surface area contributed by atoms with E-state index in [2.05, 4.69) is 39.2 Å². The molecule has 1 aromatic heterocycles. The molecule has 1 aromatic rings. The van der Waals surface area contributed by atoms with Crippen LogP contribution in [0.25, 0.3) is 0 Å². The van der Waals surface area contributed by atoms with Crippen molar-refractivity contribution in [3.8, 4) is 0 Å². The zero-order valence-corrected chi connectivity index (χ0v) is 9.27.